The van der Waals surface area contributed by atoms with Crippen molar-refractivity contribution < 1.29 is 4.74 Å². The van der Waals surface area contributed by atoms with Crippen molar-refractivity contribution in [1.29, 1.82) is 0 Å². The highest BCUT2D eigenvalue weighted by Gasteiger charge is 2.38. The zero-order valence-electron chi connectivity index (χ0n) is 11.4. The molecule has 19 heavy (non-hydrogen) atoms. The minimum absolute atomic E-state index is 0.161. The third-order valence-electron chi connectivity index (χ3n) is 3.55. The smallest absolute Gasteiger partial charge is 0.232 e. The van der Waals surface area contributed by atoms with Crippen LogP contribution in [0.4, 0.5) is 17.8 Å². The number of anilines is 3. The molecule has 2 heterocycles. The molecule has 2 fully saturated rings. The van der Waals surface area contributed by atoms with E-state index >= 15 is 0 Å². The predicted molar refractivity (Wildman–Crippen MR) is 73.7 cm³/mol. The molecular weight excluding hydrogens is 244 g/mol. The summed E-state index contributed by atoms with van der Waals surface area (Å²) in [5.41, 5.74) is 0.161. The zero-order chi connectivity index (χ0) is 13.3. The van der Waals surface area contributed by atoms with Crippen molar-refractivity contribution in [2.24, 2.45) is 0 Å². The summed E-state index contributed by atoms with van der Waals surface area (Å²) in [6, 6.07) is 0. The van der Waals surface area contributed by atoms with Gasteiger partial charge in [0.15, 0.2) is 0 Å². The molecule has 7 heteroatoms. The van der Waals surface area contributed by atoms with Gasteiger partial charge in [-0.2, -0.15) is 15.0 Å². The molecule has 2 aliphatic rings. The first-order valence-corrected chi connectivity index (χ1v) is 6.73. The van der Waals surface area contributed by atoms with Crippen LogP contribution in [0.3, 0.4) is 0 Å². The third kappa shape index (κ3) is 2.86. The van der Waals surface area contributed by atoms with E-state index in [0.29, 0.717) is 11.9 Å². The van der Waals surface area contributed by atoms with Crippen molar-refractivity contribution in [3.8, 4) is 0 Å². The van der Waals surface area contributed by atoms with Gasteiger partial charge in [0.05, 0.1) is 13.2 Å². The number of ether oxygens (including phenoxy) is 1. The Bertz CT molecular complexity index is 456. The third-order valence-corrected chi connectivity index (χ3v) is 3.55. The standard InChI is InChI=1S/C12H20N6O/c1-12(3-4-12)17-10-14-9(13-2)15-11(16-10)18-5-7-19-8-6-18/h3-8H2,1-2H3,(H2,13,14,15,16,17). The average Bonchev–Trinajstić information content (AvgIpc) is 3.16. The number of rotatable bonds is 4. The maximum Gasteiger partial charge on any atom is 0.232 e. The maximum absolute atomic E-state index is 5.35. The molecule has 7 nitrogen and oxygen atoms in total. The van der Waals surface area contributed by atoms with Crippen molar-refractivity contribution in [2.75, 3.05) is 48.9 Å². The molecular formula is C12H20N6O. The summed E-state index contributed by atoms with van der Waals surface area (Å²) in [5.74, 6) is 1.97. The molecule has 1 saturated heterocycles. The Labute approximate surface area is 112 Å². The molecule has 1 aromatic heterocycles. The fourth-order valence-corrected chi connectivity index (χ4v) is 2.02. The molecule has 2 N–H and O–H groups in total. The number of morpholine rings is 1. The summed E-state index contributed by atoms with van der Waals surface area (Å²) in [6.45, 7) is 5.28. The van der Waals surface area contributed by atoms with Crippen LogP contribution < -0.4 is 15.5 Å². The molecule has 1 aliphatic carbocycles. The van der Waals surface area contributed by atoms with Crippen molar-refractivity contribution in [2.45, 2.75) is 25.3 Å². The van der Waals surface area contributed by atoms with E-state index in [0.717, 1.165) is 32.3 Å². The molecule has 0 atom stereocenters. The van der Waals surface area contributed by atoms with Crippen LogP contribution in [0.1, 0.15) is 19.8 Å². The molecule has 0 spiro atoms. The first-order valence-electron chi connectivity index (χ1n) is 6.73. The first-order chi connectivity index (χ1) is 9.18. The van der Waals surface area contributed by atoms with Gasteiger partial charge in [0.1, 0.15) is 0 Å². The van der Waals surface area contributed by atoms with Crippen LogP contribution in [-0.2, 0) is 4.74 Å². The largest absolute Gasteiger partial charge is 0.378 e. The molecule has 1 aliphatic heterocycles. The highest BCUT2D eigenvalue weighted by molar-refractivity contribution is 5.45. The summed E-state index contributed by atoms with van der Waals surface area (Å²) >= 11 is 0. The van der Waals surface area contributed by atoms with E-state index < -0.39 is 0 Å². The van der Waals surface area contributed by atoms with Crippen LogP contribution in [0.5, 0.6) is 0 Å². The lowest BCUT2D eigenvalue weighted by molar-refractivity contribution is 0.122. The second-order valence-corrected chi connectivity index (χ2v) is 5.32. The van der Waals surface area contributed by atoms with E-state index in [4.69, 9.17) is 4.74 Å². The summed E-state index contributed by atoms with van der Waals surface area (Å²) in [5, 5.41) is 6.38. The monoisotopic (exact) mass is 264 g/mol. The number of nitrogens with one attached hydrogen (secondary N) is 2. The van der Waals surface area contributed by atoms with Gasteiger partial charge in [-0.1, -0.05) is 0 Å². The Morgan fingerprint density at radius 2 is 1.79 bits per heavy atom. The van der Waals surface area contributed by atoms with Gasteiger partial charge in [0.25, 0.3) is 0 Å². The lowest BCUT2D eigenvalue weighted by atomic mass is 10.3. The fourth-order valence-electron chi connectivity index (χ4n) is 2.02. The van der Waals surface area contributed by atoms with Gasteiger partial charge in [0, 0.05) is 25.7 Å². The predicted octanol–water partition coefficient (Wildman–Crippen LogP) is 0.714. The van der Waals surface area contributed by atoms with Crippen molar-refractivity contribution >= 4 is 17.8 Å². The van der Waals surface area contributed by atoms with E-state index in [9.17, 15) is 0 Å². The van der Waals surface area contributed by atoms with Crippen LogP contribution in [-0.4, -0.2) is 53.8 Å². The molecule has 0 aromatic carbocycles. The maximum atomic E-state index is 5.35. The molecule has 0 bridgehead atoms. The van der Waals surface area contributed by atoms with E-state index in [2.05, 4.69) is 37.4 Å². The summed E-state index contributed by atoms with van der Waals surface area (Å²) in [4.78, 5) is 15.5. The summed E-state index contributed by atoms with van der Waals surface area (Å²) in [6.07, 6.45) is 2.33. The van der Waals surface area contributed by atoms with Gasteiger partial charge in [0.2, 0.25) is 17.8 Å². The SMILES string of the molecule is CNc1nc(NC2(C)CC2)nc(N2CCOCC2)n1. The highest BCUT2D eigenvalue weighted by Crippen LogP contribution is 2.37. The van der Waals surface area contributed by atoms with Crippen LogP contribution in [0.2, 0.25) is 0 Å². The molecule has 104 valence electrons. The Balaban J connectivity index is 1.83. The molecule has 0 radical (unpaired) electrons. The van der Waals surface area contributed by atoms with Gasteiger partial charge < -0.3 is 20.3 Å². The lowest BCUT2D eigenvalue weighted by Crippen LogP contribution is -2.37. The van der Waals surface area contributed by atoms with Crippen LogP contribution in [0.25, 0.3) is 0 Å². The van der Waals surface area contributed by atoms with Gasteiger partial charge >= 0.3 is 0 Å². The molecule has 0 unspecified atom stereocenters. The Kier molecular flexibility index (Phi) is 3.14. The number of aromatic nitrogens is 3. The van der Waals surface area contributed by atoms with E-state index in [1.54, 1.807) is 0 Å². The minimum Gasteiger partial charge on any atom is -0.378 e. The number of nitrogens with zero attached hydrogens (tertiary/aromatic N) is 4. The first kappa shape index (κ1) is 12.4. The fraction of sp³-hybridized carbons (Fsp3) is 0.750. The second kappa shape index (κ2) is 4.80. The Morgan fingerprint density at radius 3 is 2.42 bits per heavy atom. The highest BCUT2D eigenvalue weighted by atomic mass is 16.5. The van der Waals surface area contributed by atoms with Crippen LogP contribution in [0.15, 0.2) is 0 Å². The number of hydrogen-bond acceptors (Lipinski definition) is 7. The van der Waals surface area contributed by atoms with E-state index in [1.165, 1.54) is 12.8 Å². The Morgan fingerprint density at radius 1 is 1.11 bits per heavy atom. The quantitative estimate of drug-likeness (QED) is 0.829. The van der Waals surface area contributed by atoms with E-state index in [1.807, 2.05) is 7.05 Å². The lowest BCUT2D eigenvalue weighted by Gasteiger charge is -2.27. The average molecular weight is 264 g/mol. The van der Waals surface area contributed by atoms with E-state index in [-0.39, 0.29) is 5.54 Å². The van der Waals surface area contributed by atoms with Gasteiger partial charge in [-0.15, -0.1) is 0 Å². The van der Waals surface area contributed by atoms with Crippen molar-refractivity contribution in [3.63, 3.8) is 0 Å². The second-order valence-electron chi connectivity index (χ2n) is 5.32. The van der Waals surface area contributed by atoms with Gasteiger partial charge in [-0.25, -0.2) is 0 Å². The van der Waals surface area contributed by atoms with Crippen LogP contribution in [0, 0.1) is 0 Å². The Hall–Kier alpha value is -1.63. The van der Waals surface area contributed by atoms with Gasteiger partial charge in [-0.3, -0.25) is 0 Å². The normalized spacial score (nSPS) is 21.1. The summed E-state index contributed by atoms with van der Waals surface area (Å²) < 4.78 is 5.35. The minimum atomic E-state index is 0.161. The number of hydrogen-bond donors (Lipinski definition) is 2. The topological polar surface area (TPSA) is 75.2 Å². The van der Waals surface area contributed by atoms with Gasteiger partial charge in [-0.05, 0) is 19.8 Å². The molecule has 0 amide bonds. The van der Waals surface area contributed by atoms with Crippen molar-refractivity contribution in [3.05, 3.63) is 0 Å². The van der Waals surface area contributed by atoms with Crippen LogP contribution >= 0.6 is 0 Å². The summed E-state index contributed by atoms with van der Waals surface area (Å²) in [7, 11) is 1.82. The molecule has 1 saturated carbocycles. The molecule has 1 aromatic rings. The van der Waals surface area contributed by atoms with Crippen molar-refractivity contribution in [1.82, 2.24) is 15.0 Å². The molecule has 3 rings (SSSR count). The zero-order valence-corrected chi connectivity index (χ0v) is 11.4.